The van der Waals surface area contributed by atoms with Crippen molar-refractivity contribution < 1.29 is 13.2 Å². The molecule has 0 bridgehead atoms. The Morgan fingerprint density at radius 2 is 1.83 bits per heavy atom. The summed E-state index contributed by atoms with van der Waals surface area (Å²) < 4.78 is 40.1. The van der Waals surface area contributed by atoms with Gasteiger partial charge in [-0.05, 0) is 19.9 Å². The second kappa shape index (κ2) is 7.07. The Kier molecular flexibility index (Phi) is 5.73. The molecule has 1 rings (SSSR count). The average molecular weight is 255 g/mol. The highest BCUT2D eigenvalue weighted by molar-refractivity contribution is 5.24. The number of benzene rings is 1. The first kappa shape index (κ1) is 14.6. The Morgan fingerprint density at radius 1 is 1.22 bits per heavy atom. The number of nitrogens with one attached hydrogen (secondary N) is 1. The molecule has 0 aliphatic heterocycles. The third-order valence-corrected chi connectivity index (χ3v) is 2.58. The first-order valence-electron chi connectivity index (χ1n) is 5.87. The zero-order valence-electron chi connectivity index (χ0n) is 10.5. The second-order valence-corrected chi connectivity index (χ2v) is 3.86. The van der Waals surface area contributed by atoms with Crippen LogP contribution in [0, 0.1) is 29.3 Å². The van der Waals surface area contributed by atoms with Crippen molar-refractivity contribution in [3.05, 3.63) is 35.1 Å². The zero-order valence-corrected chi connectivity index (χ0v) is 10.5. The summed E-state index contributed by atoms with van der Waals surface area (Å²) in [6.45, 7) is 4.12. The van der Waals surface area contributed by atoms with Gasteiger partial charge in [-0.15, -0.1) is 11.8 Å². The highest BCUT2D eigenvalue weighted by Gasteiger charge is 2.20. The highest BCUT2D eigenvalue weighted by atomic mass is 19.1. The summed E-state index contributed by atoms with van der Waals surface area (Å²) in [5.74, 6) is 2.96. The summed E-state index contributed by atoms with van der Waals surface area (Å²) >= 11 is 0. The van der Waals surface area contributed by atoms with Crippen LogP contribution in [0.3, 0.4) is 0 Å². The highest BCUT2D eigenvalue weighted by Crippen LogP contribution is 2.25. The van der Waals surface area contributed by atoms with Gasteiger partial charge in [-0.2, -0.15) is 0 Å². The molecule has 0 radical (unpaired) electrons. The van der Waals surface area contributed by atoms with Gasteiger partial charge in [-0.3, -0.25) is 0 Å². The van der Waals surface area contributed by atoms with Crippen molar-refractivity contribution >= 4 is 0 Å². The third-order valence-electron chi connectivity index (χ3n) is 2.58. The standard InChI is InChI=1S/C14H16F3N/c1-3-5-6-7-13(18-4-2)14-11(16)8-10(15)9-12(14)17/h8-9,13,18H,4,6-7H2,1-2H3. The summed E-state index contributed by atoms with van der Waals surface area (Å²) in [6, 6.07) is 0.916. The largest absolute Gasteiger partial charge is 0.310 e. The van der Waals surface area contributed by atoms with E-state index in [0.29, 0.717) is 31.5 Å². The Hall–Kier alpha value is -1.47. The average Bonchev–Trinajstić information content (AvgIpc) is 2.28. The summed E-state index contributed by atoms with van der Waals surface area (Å²) in [6.07, 6.45) is 1.01. The van der Waals surface area contributed by atoms with Gasteiger partial charge >= 0.3 is 0 Å². The number of hydrogen-bond donors (Lipinski definition) is 1. The van der Waals surface area contributed by atoms with E-state index in [1.165, 1.54) is 0 Å². The van der Waals surface area contributed by atoms with Gasteiger partial charge in [0.2, 0.25) is 0 Å². The molecule has 1 aromatic rings. The van der Waals surface area contributed by atoms with Crippen LogP contribution >= 0.6 is 0 Å². The molecule has 4 heteroatoms. The van der Waals surface area contributed by atoms with Crippen LogP contribution in [-0.2, 0) is 0 Å². The minimum atomic E-state index is -0.905. The van der Waals surface area contributed by atoms with Crippen LogP contribution in [0.25, 0.3) is 0 Å². The fourth-order valence-electron chi connectivity index (χ4n) is 1.82. The molecule has 98 valence electrons. The van der Waals surface area contributed by atoms with Crippen LogP contribution in [0.15, 0.2) is 12.1 Å². The predicted molar refractivity (Wildman–Crippen MR) is 65.4 cm³/mol. The zero-order chi connectivity index (χ0) is 13.5. The molecule has 1 aromatic carbocycles. The molecule has 0 aliphatic rings. The van der Waals surface area contributed by atoms with E-state index in [-0.39, 0.29) is 5.56 Å². The normalized spacial score (nSPS) is 11.8. The van der Waals surface area contributed by atoms with Crippen LogP contribution in [0.1, 0.15) is 38.3 Å². The lowest BCUT2D eigenvalue weighted by molar-refractivity contribution is 0.449. The molecular formula is C14H16F3N. The summed E-state index contributed by atoms with van der Waals surface area (Å²) in [5.41, 5.74) is -0.115. The van der Waals surface area contributed by atoms with E-state index in [1.807, 2.05) is 6.92 Å². The molecule has 1 atom stereocenters. The van der Waals surface area contributed by atoms with E-state index in [0.717, 1.165) is 0 Å². The minimum Gasteiger partial charge on any atom is -0.310 e. The van der Waals surface area contributed by atoms with Crippen molar-refractivity contribution in [2.24, 2.45) is 0 Å². The fourth-order valence-corrected chi connectivity index (χ4v) is 1.82. The summed E-state index contributed by atoms with van der Waals surface area (Å²) in [5, 5.41) is 2.99. The van der Waals surface area contributed by atoms with Gasteiger partial charge in [-0.25, -0.2) is 13.2 Å². The van der Waals surface area contributed by atoms with Gasteiger partial charge in [0, 0.05) is 30.2 Å². The molecule has 0 amide bonds. The Bertz CT molecular complexity index is 437. The maximum absolute atomic E-state index is 13.6. The van der Waals surface area contributed by atoms with E-state index in [9.17, 15) is 13.2 Å². The number of hydrogen-bond acceptors (Lipinski definition) is 1. The molecule has 0 fully saturated rings. The van der Waals surface area contributed by atoms with Gasteiger partial charge in [0.25, 0.3) is 0 Å². The fraction of sp³-hybridized carbons (Fsp3) is 0.429. The van der Waals surface area contributed by atoms with Crippen LogP contribution < -0.4 is 5.32 Å². The Balaban J connectivity index is 2.99. The van der Waals surface area contributed by atoms with Crippen molar-refractivity contribution in [2.75, 3.05) is 6.54 Å². The molecule has 0 spiro atoms. The van der Waals surface area contributed by atoms with Crippen LogP contribution in [0.2, 0.25) is 0 Å². The molecule has 18 heavy (non-hydrogen) atoms. The molecular weight excluding hydrogens is 239 g/mol. The van der Waals surface area contributed by atoms with Crippen LogP contribution in [0.4, 0.5) is 13.2 Å². The predicted octanol–water partition coefficient (Wildman–Crippen LogP) is 3.56. The third kappa shape index (κ3) is 3.78. The second-order valence-electron chi connectivity index (χ2n) is 3.86. The molecule has 1 nitrogen and oxygen atoms in total. The number of rotatable bonds is 5. The molecule has 1 unspecified atom stereocenters. The lowest BCUT2D eigenvalue weighted by Crippen LogP contribution is -2.23. The minimum absolute atomic E-state index is 0.115. The molecule has 0 aromatic heterocycles. The molecule has 0 heterocycles. The van der Waals surface area contributed by atoms with Crippen molar-refractivity contribution in [1.82, 2.24) is 5.32 Å². The van der Waals surface area contributed by atoms with Crippen LogP contribution in [0.5, 0.6) is 0 Å². The van der Waals surface area contributed by atoms with E-state index < -0.39 is 23.5 Å². The van der Waals surface area contributed by atoms with Gasteiger partial charge < -0.3 is 5.32 Å². The number of halogens is 3. The maximum atomic E-state index is 13.6. The molecule has 0 saturated heterocycles. The maximum Gasteiger partial charge on any atom is 0.133 e. The topological polar surface area (TPSA) is 12.0 Å². The monoisotopic (exact) mass is 255 g/mol. The van der Waals surface area contributed by atoms with E-state index in [2.05, 4.69) is 17.2 Å². The Morgan fingerprint density at radius 3 is 2.33 bits per heavy atom. The van der Waals surface area contributed by atoms with Gasteiger partial charge in [0.15, 0.2) is 0 Å². The quantitative estimate of drug-likeness (QED) is 0.793. The lowest BCUT2D eigenvalue weighted by Gasteiger charge is -2.18. The smallest absolute Gasteiger partial charge is 0.133 e. The molecule has 0 saturated carbocycles. The van der Waals surface area contributed by atoms with E-state index in [1.54, 1.807) is 6.92 Å². The van der Waals surface area contributed by atoms with Gasteiger partial charge in [0.05, 0.1) is 0 Å². The summed E-state index contributed by atoms with van der Waals surface area (Å²) in [4.78, 5) is 0. The first-order valence-corrected chi connectivity index (χ1v) is 5.87. The van der Waals surface area contributed by atoms with Gasteiger partial charge in [-0.1, -0.05) is 6.92 Å². The summed E-state index contributed by atoms with van der Waals surface area (Å²) in [7, 11) is 0. The van der Waals surface area contributed by atoms with E-state index in [4.69, 9.17) is 0 Å². The van der Waals surface area contributed by atoms with E-state index >= 15 is 0 Å². The lowest BCUT2D eigenvalue weighted by atomic mass is 10.0. The first-order chi connectivity index (χ1) is 8.60. The molecule has 0 aliphatic carbocycles. The van der Waals surface area contributed by atoms with Crippen LogP contribution in [-0.4, -0.2) is 6.54 Å². The van der Waals surface area contributed by atoms with Crippen molar-refractivity contribution in [3.63, 3.8) is 0 Å². The van der Waals surface area contributed by atoms with Crippen molar-refractivity contribution in [2.45, 2.75) is 32.7 Å². The SMILES string of the molecule is CC#CCCC(NCC)c1c(F)cc(F)cc1F. The van der Waals surface area contributed by atoms with Crippen molar-refractivity contribution in [1.29, 1.82) is 0 Å². The molecule has 1 N–H and O–H groups in total. The Labute approximate surface area is 105 Å². The van der Waals surface area contributed by atoms with Crippen molar-refractivity contribution in [3.8, 4) is 11.8 Å². The van der Waals surface area contributed by atoms with Gasteiger partial charge in [0.1, 0.15) is 17.5 Å².